The molecular formula is C28H37N5O2. The van der Waals surface area contributed by atoms with Crippen LogP contribution in [0.5, 0.6) is 0 Å². The molecule has 1 N–H and O–H groups in total. The highest BCUT2D eigenvalue weighted by atomic mass is 16.2. The van der Waals surface area contributed by atoms with Gasteiger partial charge in [-0.05, 0) is 75.6 Å². The molecule has 1 aliphatic heterocycles. The Morgan fingerprint density at radius 2 is 1.74 bits per heavy atom. The minimum Gasteiger partial charge on any atom is -0.356 e. The van der Waals surface area contributed by atoms with Crippen molar-refractivity contribution in [3.63, 3.8) is 0 Å². The molecule has 3 aliphatic rings. The van der Waals surface area contributed by atoms with E-state index in [-0.39, 0.29) is 29.8 Å². The van der Waals surface area contributed by atoms with Crippen LogP contribution in [0.4, 0.5) is 5.82 Å². The first-order valence-electron chi connectivity index (χ1n) is 13.2. The van der Waals surface area contributed by atoms with Gasteiger partial charge in [-0.25, -0.2) is 9.97 Å². The van der Waals surface area contributed by atoms with Crippen molar-refractivity contribution in [2.45, 2.75) is 77.3 Å². The van der Waals surface area contributed by atoms with Crippen LogP contribution < -0.4 is 10.2 Å². The summed E-state index contributed by atoms with van der Waals surface area (Å²) in [6.45, 7) is 5.67. The Morgan fingerprint density at radius 1 is 1.00 bits per heavy atom. The van der Waals surface area contributed by atoms with Gasteiger partial charge in [0.05, 0.1) is 6.04 Å². The molecule has 7 heteroatoms. The average Bonchev–Trinajstić information content (AvgIpc) is 3.53. The number of hydrogen-bond acceptors (Lipinski definition) is 5. The molecule has 186 valence electrons. The number of carbonyl (C=O) groups is 2. The number of nitrogens with zero attached hydrogens (tertiary/aromatic N) is 4. The smallest absolute Gasteiger partial charge is 0.253 e. The molecule has 2 aromatic rings. The van der Waals surface area contributed by atoms with E-state index >= 15 is 0 Å². The van der Waals surface area contributed by atoms with Crippen LogP contribution in [0.15, 0.2) is 24.3 Å². The number of hydrogen-bond donors (Lipinski definition) is 1. The zero-order valence-electron chi connectivity index (χ0n) is 21.2. The molecule has 2 fully saturated rings. The molecule has 0 unspecified atom stereocenters. The second kappa shape index (κ2) is 9.96. The van der Waals surface area contributed by atoms with Crippen molar-refractivity contribution in [1.82, 2.24) is 20.2 Å². The van der Waals surface area contributed by atoms with E-state index in [0.717, 1.165) is 92.9 Å². The predicted octanol–water partition coefficient (Wildman–Crippen LogP) is 4.13. The molecule has 0 bridgehead atoms. The maximum absolute atomic E-state index is 13.4. The van der Waals surface area contributed by atoms with Crippen LogP contribution in [-0.2, 0) is 11.2 Å². The quantitative estimate of drug-likeness (QED) is 0.704. The van der Waals surface area contributed by atoms with Gasteiger partial charge in [-0.3, -0.25) is 9.59 Å². The summed E-state index contributed by atoms with van der Waals surface area (Å²) in [6, 6.07) is 8.34. The number of piperidine rings is 1. The van der Waals surface area contributed by atoms with Crippen LogP contribution >= 0.6 is 0 Å². The third-order valence-corrected chi connectivity index (χ3v) is 8.12. The molecule has 1 atom stereocenters. The van der Waals surface area contributed by atoms with Gasteiger partial charge in [-0.2, -0.15) is 0 Å². The van der Waals surface area contributed by atoms with Crippen molar-refractivity contribution in [2.24, 2.45) is 5.92 Å². The summed E-state index contributed by atoms with van der Waals surface area (Å²) >= 11 is 0. The lowest BCUT2D eigenvalue weighted by Gasteiger charge is -2.37. The zero-order valence-corrected chi connectivity index (χ0v) is 21.2. The molecule has 1 aromatic heterocycles. The molecule has 0 radical (unpaired) electrons. The van der Waals surface area contributed by atoms with Gasteiger partial charge in [0.1, 0.15) is 11.6 Å². The van der Waals surface area contributed by atoms with Gasteiger partial charge in [-0.15, -0.1) is 0 Å². The van der Waals surface area contributed by atoms with Gasteiger partial charge in [-0.1, -0.05) is 18.9 Å². The second-order valence-corrected chi connectivity index (χ2v) is 10.5. The van der Waals surface area contributed by atoms with Crippen molar-refractivity contribution in [3.05, 3.63) is 52.5 Å². The van der Waals surface area contributed by atoms with E-state index in [1.54, 1.807) is 0 Å². The maximum Gasteiger partial charge on any atom is 0.253 e. The number of nitrogens with one attached hydrogen (secondary N) is 1. The van der Waals surface area contributed by atoms with Crippen LogP contribution in [0.3, 0.4) is 0 Å². The number of amides is 2. The van der Waals surface area contributed by atoms with Crippen molar-refractivity contribution in [3.8, 4) is 0 Å². The summed E-state index contributed by atoms with van der Waals surface area (Å²) in [4.78, 5) is 39.3. The highest BCUT2D eigenvalue weighted by Crippen LogP contribution is 2.34. The Morgan fingerprint density at radius 3 is 2.46 bits per heavy atom. The Kier molecular flexibility index (Phi) is 6.76. The number of fused-ring (bicyclic) bond motifs is 1. The first kappa shape index (κ1) is 23.8. The van der Waals surface area contributed by atoms with E-state index < -0.39 is 0 Å². The number of aryl methyl sites for hydroxylation is 3. The van der Waals surface area contributed by atoms with Crippen LogP contribution in [0.1, 0.15) is 84.0 Å². The summed E-state index contributed by atoms with van der Waals surface area (Å²) in [5, 5.41) is 3.28. The van der Waals surface area contributed by atoms with Crippen molar-refractivity contribution in [1.29, 1.82) is 0 Å². The standard InChI is InChI=1S/C28H37N5O2/c1-18-16-26(30-19(2)29-18)33-14-12-23(13-15-33)32(3)28(35)22-9-8-20-10-11-25(24(20)17-22)31-27(34)21-6-4-5-7-21/h8-9,16-17,21,23,25H,4-7,10-15H2,1-3H3,(H,31,34)/t25-/m1/s1. The normalized spacial score (nSPS) is 20.7. The number of aromatic nitrogens is 2. The molecule has 2 heterocycles. The molecule has 2 aliphatic carbocycles. The van der Waals surface area contributed by atoms with E-state index in [1.807, 2.05) is 44.0 Å². The number of benzene rings is 1. The fourth-order valence-corrected chi connectivity index (χ4v) is 6.07. The maximum atomic E-state index is 13.4. The van der Waals surface area contributed by atoms with Gasteiger partial charge >= 0.3 is 0 Å². The summed E-state index contributed by atoms with van der Waals surface area (Å²) in [6.07, 6.45) is 8.01. The lowest BCUT2D eigenvalue weighted by atomic mass is 10.00. The van der Waals surface area contributed by atoms with Gasteiger partial charge in [0.15, 0.2) is 0 Å². The molecule has 7 nitrogen and oxygen atoms in total. The molecule has 1 saturated heterocycles. The predicted molar refractivity (Wildman–Crippen MR) is 136 cm³/mol. The zero-order chi connectivity index (χ0) is 24.5. The van der Waals surface area contributed by atoms with Gasteiger partial charge in [0.2, 0.25) is 5.91 Å². The number of anilines is 1. The van der Waals surface area contributed by atoms with Crippen LogP contribution in [-0.4, -0.2) is 52.9 Å². The van der Waals surface area contributed by atoms with Crippen LogP contribution in [0.25, 0.3) is 0 Å². The van der Waals surface area contributed by atoms with Gasteiger partial charge < -0.3 is 15.1 Å². The third kappa shape index (κ3) is 5.04. The lowest BCUT2D eigenvalue weighted by molar-refractivity contribution is -0.125. The Hall–Kier alpha value is -2.96. The van der Waals surface area contributed by atoms with Crippen molar-refractivity contribution < 1.29 is 9.59 Å². The minimum absolute atomic E-state index is 0.0270. The third-order valence-electron chi connectivity index (χ3n) is 8.12. The molecule has 0 spiro atoms. The molecule has 1 saturated carbocycles. The Balaban J connectivity index is 1.22. The molecule has 2 amide bonds. The average molecular weight is 476 g/mol. The Bertz CT molecular complexity index is 1080. The van der Waals surface area contributed by atoms with Crippen LogP contribution in [0.2, 0.25) is 0 Å². The SMILES string of the molecule is Cc1cc(N2CCC(N(C)C(=O)c3ccc4c(c3)[C@H](NC(=O)C3CCCC3)CC4)CC2)nc(C)n1. The molecule has 1 aromatic carbocycles. The van der Waals surface area contributed by atoms with E-state index in [2.05, 4.69) is 26.3 Å². The molecule has 5 rings (SSSR count). The van der Waals surface area contributed by atoms with Crippen molar-refractivity contribution in [2.75, 3.05) is 25.0 Å². The van der Waals surface area contributed by atoms with Gasteiger partial charge in [0.25, 0.3) is 5.91 Å². The molecule has 35 heavy (non-hydrogen) atoms. The number of rotatable bonds is 5. The lowest BCUT2D eigenvalue weighted by Crippen LogP contribution is -2.46. The fourth-order valence-electron chi connectivity index (χ4n) is 6.07. The highest BCUT2D eigenvalue weighted by Gasteiger charge is 2.31. The molecular weight excluding hydrogens is 438 g/mol. The second-order valence-electron chi connectivity index (χ2n) is 10.5. The monoisotopic (exact) mass is 475 g/mol. The van der Waals surface area contributed by atoms with E-state index in [9.17, 15) is 9.59 Å². The number of carbonyl (C=O) groups excluding carboxylic acids is 2. The largest absolute Gasteiger partial charge is 0.356 e. The van der Waals surface area contributed by atoms with Gasteiger partial charge in [0, 0.05) is 49.4 Å². The summed E-state index contributed by atoms with van der Waals surface area (Å²) in [5.41, 5.74) is 4.08. The Labute approximate surface area is 208 Å². The van der Waals surface area contributed by atoms with Crippen molar-refractivity contribution >= 4 is 17.6 Å². The van der Waals surface area contributed by atoms with E-state index in [1.165, 1.54) is 5.56 Å². The summed E-state index contributed by atoms with van der Waals surface area (Å²) in [7, 11) is 1.92. The van der Waals surface area contributed by atoms with Crippen LogP contribution in [0, 0.1) is 19.8 Å². The topological polar surface area (TPSA) is 78.4 Å². The summed E-state index contributed by atoms with van der Waals surface area (Å²) < 4.78 is 0. The summed E-state index contributed by atoms with van der Waals surface area (Å²) in [5.74, 6) is 2.19. The first-order chi connectivity index (χ1) is 16.9. The highest BCUT2D eigenvalue weighted by molar-refractivity contribution is 5.94. The minimum atomic E-state index is 0.0270. The van der Waals surface area contributed by atoms with E-state index in [4.69, 9.17) is 0 Å². The van der Waals surface area contributed by atoms with E-state index in [0.29, 0.717) is 0 Å². The first-order valence-corrected chi connectivity index (χ1v) is 13.2. The fraction of sp³-hybridized carbons (Fsp3) is 0.571.